The smallest absolute Gasteiger partial charge is 0.164 e. The number of benzene rings is 2. The van der Waals surface area contributed by atoms with Gasteiger partial charge in [0.05, 0.1) is 16.5 Å². The highest BCUT2D eigenvalue weighted by molar-refractivity contribution is 6.34. The number of rotatable bonds is 1. The van der Waals surface area contributed by atoms with Crippen molar-refractivity contribution in [3.8, 4) is 11.4 Å². The van der Waals surface area contributed by atoms with Crippen molar-refractivity contribution in [2.24, 2.45) is 0 Å². The van der Waals surface area contributed by atoms with Crippen LogP contribution in [0.1, 0.15) is 5.56 Å². The predicted octanol–water partition coefficient (Wildman–Crippen LogP) is 4.54. The van der Waals surface area contributed by atoms with Crippen LogP contribution in [0.25, 0.3) is 22.3 Å². The molecule has 0 spiro atoms. The van der Waals surface area contributed by atoms with Gasteiger partial charge in [0.1, 0.15) is 16.8 Å². The van der Waals surface area contributed by atoms with Gasteiger partial charge in [0, 0.05) is 0 Å². The molecule has 2 aromatic carbocycles. The summed E-state index contributed by atoms with van der Waals surface area (Å²) in [5.41, 5.74) is 1.08. The van der Waals surface area contributed by atoms with Gasteiger partial charge in [-0.25, -0.2) is 18.7 Å². The van der Waals surface area contributed by atoms with Gasteiger partial charge in [-0.3, -0.25) is 0 Å². The van der Waals surface area contributed by atoms with E-state index in [0.29, 0.717) is 11.1 Å². The molecule has 0 atom stereocenters. The van der Waals surface area contributed by atoms with Gasteiger partial charge in [0.2, 0.25) is 0 Å². The first-order valence-corrected chi connectivity index (χ1v) is 6.33. The Morgan fingerprint density at radius 3 is 2.55 bits per heavy atom. The van der Waals surface area contributed by atoms with E-state index in [0.717, 1.165) is 0 Å². The predicted molar refractivity (Wildman–Crippen MR) is 74.6 cm³/mol. The average molecular weight is 291 g/mol. The van der Waals surface area contributed by atoms with Gasteiger partial charge in [-0.15, -0.1) is 0 Å². The lowest BCUT2D eigenvalue weighted by Gasteiger charge is -2.07. The molecule has 0 fully saturated rings. The van der Waals surface area contributed by atoms with Crippen LogP contribution in [0.5, 0.6) is 0 Å². The Kier molecular flexibility index (Phi) is 3.10. The quantitative estimate of drug-likeness (QED) is 0.615. The van der Waals surface area contributed by atoms with Crippen LogP contribution >= 0.6 is 11.6 Å². The summed E-state index contributed by atoms with van der Waals surface area (Å²) in [5.74, 6) is -0.752. The van der Waals surface area contributed by atoms with Crippen LogP contribution in [0, 0.1) is 18.6 Å². The van der Waals surface area contributed by atoms with Crippen LogP contribution in [0.3, 0.4) is 0 Å². The molecular formula is C15H9ClF2N2. The highest BCUT2D eigenvalue weighted by Crippen LogP contribution is 2.28. The van der Waals surface area contributed by atoms with E-state index >= 15 is 0 Å². The van der Waals surface area contributed by atoms with Crippen molar-refractivity contribution in [2.45, 2.75) is 6.92 Å². The highest BCUT2D eigenvalue weighted by atomic mass is 35.5. The van der Waals surface area contributed by atoms with Gasteiger partial charge in [-0.2, -0.15) is 0 Å². The van der Waals surface area contributed by atoms with Crippen molar-refractivity contribution in [3.05, 3.63) is 58.7 Å². The van der Waals surface area contributed by atoms with E-state index in [1.807, 2.05) is 0 Å². The maximum absolute atomic E-state index is 14.1. The maximum atomic E-state index is 14.1. The fraction of sp³-hybridized carbons (Fsp3) is 0.0667. The zero-order valence-corrected chi connectivity index (χ0v) is 11.2. The van der Waals surface area contributed by atoms with Crippen molar-refractivity contribution < 1.29 is 8.78 Å². The molecule has 0 N–H and O–H groups in total. The van der Waals surface area contributed by atoms with E-state index in [2.05, 4.69) is 9.97 Å². The normalized spacial score (nSPS) is 11.0. The van der Waals surface area contributed by atoms with E-state index in [1.54, 1.807) is 31.2 Å². The van der Waals surface area contributed by atoms with Crippen LogP contribution in [0.4, 0.5) is 8.78 Å². The van der Waals surface area contributed by atoms with Gasteiger partial charge in [0.15, 0.2) is 5.82 Å². The fourth-order valence-corrected chi connectivity index (χ4v) is 2.31. The summed E-state index contributed by atoms with van der Waals surface area (Å²) in [7, 11) is 0. The maximum Gasteiger partial charge on any atom is 0.164 e. The minimum atomic E-state index is -0.497. The first-order valence-electron chi connectivity index (χ1n) is 5.95. The SMILES string of the molecule is Cc1cccc(-c2nc(Cl)c3c(F)cccc3n2)c1F. The molecule has 20 heavy (non-hydrogen) atoms. The van der Waals surface area contributed by atoms with E-state index in [4.69, 9.17) is 11.6 Å². The van der Waals surface area contributed by atoms with Gasteiger partial charge < -0.3 is 0 Å². The third-order valence-corrected chi connectivity index (χ3v) is 3.33. The Labute approximate surface area is 119 Å². The summed E-state index contributed by atoms with van der Waals surface area (Å²) in [6.45, 7) is 1.65. The summed E-state index contributed by atoms with van der Waals surface area (Å²) < 4.78 is 27.8. The summed E-state index contributed by atoms with van der Waals surface area (Å²) >= 11 is 6.00. The molecule has 1 heterocycles. The molecule has 0 aliphatic carbocycles. The molecule has 0 aliphatic rings. The molecule has 0 unspecified atom stereocenters. The van der Waals surface area contributed by atoms with Crippen LogP contribution < -0.4 is 0 Å². The third kappa shape index (κ3) is 2.02. The molecule has 5 heteroatoms. The molecule has 1 aromatic heterocycles. The van der Waals surface area contributed by atoms with Gasteiger partial charge in [-0.05, 0) is 30.7 Å². The first kappa shape index (κ1) is 12.9. The summed E-state index contributed by atoms with van der Waals surface area (Å²) in [6.07, 6.45) is 0. The molecule has 3 rings (SSSR count). The summed E-state index contributed by atoms with van der Waals surface area (Å²) in [6, 6.07) is 9.35. The fourth-order valence-electron chi connectivity index (χ4n) is 2.04. The Hall–Kier alpha value is -2.07. The van der Waals surface area contributed by atoms with Crippen LogP contribution in [-0.4, -0.2) is 9.97 Å². The van der Waals surface area contributed by atoms with Gasteiger partial charge in [0.25, 0.3) is 0 Å². The highest BCUT2D eigenvalue weighted by Gasteiger charge is 2.14. The third-order valence-electron chi connectivity index (χ3n) is 3.06. The van der Waals surface area contributed by atoms with Gasteiger partial charge >= 0.3 is 0 Å². The minimum Gasteiger partial charge on any atom is -0.228 e. The second-order valence-corrected chi connectivity index (χ2v) is 4.77. The summed E-state index contributed by atoms with van der Waals surface area (Å²) in [4.78, 5) is 8.20. The number of hydrogen-bond acceptors (Lipinski definition) is 2. The molecule has 0 aliphatic heterocycles. The van der Waals surface area contributed by atoms with E-state index in [-0.39, 0.29) is 21.9 Å². The second-order valence-electron chi connectivity index (χ2n) is 4.41. The van der Waals surface area contributed by atoms with Crippen molar-refractivity contribution in [1.29, 1.82) is 0 Å². The summed E-state index contributed by atoms with van der Waals surface area (Å²) in [5, 5.41) is 0.120. The average Bonchev–Trinajstić information content (AvgIpc) is 2.41. The molecule has 0 bridgehead atoms. The molecule has 0 radical (unpaired) electrons. The topological polar surface area (TPSA) is 25.8 Å². The van der Waals surface area contributed by atoms with Crippen molar-refractivity contribution in [1.82, 2.24) is 9.97 Å². The van der Waals surface area contributed by atoms with Crippen LogP contribution in [0.2, 0.25) is 5.15 Å². The number of aryl methyl sites for hydroxylation is 1. The molecule has 100 valence electrons. The molecule has 2 nitrogen and oxygen atoms in total. The molecule has 3 aromatic rings. The number of aromatic nitrogens is 2. The Balaban J connectivity index is 2.31. The number of fused-ring (bicyclic) bond motifs is 1. The molecule has 0 amide bonds. The van der Waals surface area contributed by atoms with Crippen molar-refractivity contribution in [3.63, 3.8) is 0 Å². The monoisotopic (exact) mass is 290 g/mol. The molecule has 0 saturated carbocycles. The van der Waals surface area contributed by atoms with Crippen molar-refractivity contribution >= 4 is 22.5 Å². The lowest BCUT2D eigenvalue weighted by molar-refractivity contribution is 0.621. The number of nitrogens with zero attached hydrogens (tertiary/aromatic N) is 2. The number of hydrogen-bond donors (Lipinski definition) is 0. The van der Waals surface area contributed by atoms with E-state index in [9.17, 15) is 8.78 Å². The molecular weight excluding hydrogens is 282 g/mol. The zero-order valence-electron chi connectivity index (χ0n) is 10.5. The van der Waals surface area contributed by atoms with Gasteiger partial charge in [-0.1, -0.05) is 29.8 Å². The lowest BCUT2D eigenvalue weighted by Crippen LogP contribution is -1.96. The Morgan fingerprint density at radius 1 is 1.00 bits per heavy atom. The Bertz CT molecular complexity index is 818. The van der Waals surface area contributed by atoms with E-state index < -0.39 is 11.6 Å². The zero-order chi connectivity index (χ0) is 14.3. The largest absolute Gasteiger partial charge is 0.228 e. The minimum absolute atomic E-state index is 0.0241. The van der Waals surface area contributed by atoms with Crippen molar-refractivity contribution in [2.75, 3.05) is 0 Å². The Morgan fingerprint density at radius 2 is 1.75 bits per heavy atom. The molecule has 0 saturated heterocycles. The van der Waals surface area contributed by atoms with Crippen LogP contribution in [-0.2, 0) is 0 Å². The number of halogens is 3. The van der Waals surface area contributed by atoms with Crippen LogP contribution in [0.15, 0.2) is 36.4 Å². The van der Waals surface area contributed by atoms with E-state index in [1.165, 1.54) is 12.1 Å². The first-order chi connectivity index (χ1) is 9.58. The lowest BCUT2D eigenvalue weighted by atomic mass is 10.1. The second kappa shape index (κ2) is 4.80. The standard InChI is InChI=1S/C15H9ClF2N2/c1-8-4-2-5-9(13(8)18)15-19-11-7-3-6-10(17)12(11)14(16)20-15/h2-7H,1H3.